The Labute approximate surface area is 62.3 Å². The normalized spacial score (nSPS) is 30.4. The molecule has 1 rings (SSSR count). The molecule has 0 heteroatoms. The molecule has 0 aliphatic heterocycles. The van der Waals surface area contributed by atoms with Gasteiger partial charge in [-0.25, -0.2) is 0 Å². The van der Waals surface area contributed by atoms with Crippen molar-refractivity contribution in [1.29, 1.82) is 0 Å². The first kappa shape index (κ1) is 7.07. The van der Waals surface area contributed by atoms with Gasteiger partial charge in [0.15, 0.2) is 0 Å². The fourth-order valence-corrected chi connectivity index (χ4v) is 0.792. The molecule has 10 heavy (non-hydrogen) atoms. The van der Waals surface area contributed by atoms with Crippen LogP contribution in [0.5, 0.6) is 0 Å². The number of rotatable bonds is 0. The third-order valence-corrected chi connectivity index (χ3v) is 1.32. The molecule has 0 nitrogen and oxygen atoms in total. The predicted octanol–water partition coefficient (Wildman–Crippen LogP) is 3.01. The van der Waals surface area contributed by atoms with Gasteiger partial charge in [0.05, 0.1) is 0 Å². The van der Waals surface area contributed by atoms with Gasteiger partial charge in [0.1, 0.15) is 0 Å². The van der Waals surface area contributed by atoms with E-state index in [1.807, 2.05) is 0 Å². The fraction of sp³-hybridized carbons (Fsp3) is 0.200. The summed E-state index contributed by atoms with van der Waals surface area (Å²) in [4.78, 5) is 0. The van der Waals surface area contributed by atoms with E-state index in [9.17, 15) is 0 Å². The molecule has 0 bridgehead atoms. The second kappa shape index (κ2) is 4.80. The van der Waals surface area contributed by atoms with E-state index in [-0.39, 0.29) is 0 Å². The average Bonchev–Trinajstić information content (AvgIpc) is 2.01. The van der Waals surface area contributed by atoms with E-state index in [2.05, 4.69) is 48.6 Å². The van der Waals surface area contributed by atoms with Gasteiger partial charge in [-0.05, 0) is 12.8 Å². The lowest BCUT2D eigenvalue weighted by molar-refractivity contribution is 1.31. The van der Waals surface area contributed by atoms with Crippen molar-refractivity contribution in [3.63, 3.8) is 0 Å². The Kier molecular flexibility index (Phi) is 3.40. The maximum atomic E-state index is 2.18. The van der Waals surface area contributed by atoms with E-state index >= 15 is 0 Å². The second-order valence-corrected chi connectivity index (χ2v) is 2.18. The Hall–Kier alpha value is -1.04. The van der Waals surface area contributed by atoms with Crippen LogP contribution in [0.3, 0.4) is 0 Å². The van der Waals surface area contributed by atoms with Crippen molar-refractivity contribution in [3.8, 4) is 0 Å². The maximum absolute atomic E-state index is 2.18. The SMILES string of the molecule is C1=C\C=C\C/C=C\C\C=C/1. The molecule has 0 N–H and O–H groups in total. The van der Waals surface area contributed by atoms with Crippen molar-refractivity contribution in [2.24, 2.45) is 0 Å². The number of hydrogen-bond acceptors (Lipinski definition) is 0. The van der Waals surface area contributed by atoms with Crippen LogP contribution in [-0.2, 0) is 0 Å². The standard InChI is InChI=1S/C10H12/c1-2-4-6-8-10-9-7-5-3-1/h1-6,9-10H,7-8H2/b2-1-,5-3-,6-4+,10-9-. The molecule has 0 saturated heterocycles. The minimum atomic E-state index is 1.05. The fourth-order valence-electron chi connectivity index (χ4n) is 0.792. The second-order valence-electron chi connectivity index (χ2n) is 2.18. The zero-order valence-corrected chi connectivity index (χ0v) is 6.03. The topological polar surface area (TPSA) is 0 Å². The van der Waals surface area contributed by atoms with E-state index in [0.29, 0.717) is 0 Å². The molecular weight excluding hydrogens is 120 g/mol. The van der Waals surface area contributed by atoms with Gasteiger partial charge in [-0.15, -0.1) is 0 Å². The van der Waals surface area contributed by atoms with Crippen molar-refractivity contribution in [2.45, 2.75) is 12.8 Å². The van der Waals surface area contributed by atoms with Crippen molar-refractivity contribution >= 4 is 0 Å². The molecule has 1 aliphatic carbocycles. The summed E-state index contributed by atoms with van der Waals surface area (Å²) in [5.41, 5.74) is 0. The Morgan fingerprint density at radius 1 is 0.500 bits per heavy atom. The van der Waals surface area contributed by atoms with Crippen molar-refractivity contribution < 1.29 is 0 Å². The van der Waals surface area contributed by atoms with E-state index in [4.69, 9.17) is 0 Å². The summed E-state index contributed by atoms with van der Waals surface area (Å²) in [7, 11) is 0. The predicted molar refractivity (Wildman–Crippen MR) is 45.8 cm³/mol. The quantitative estimate of drug-likeness (QED) is 0.444. The van der Waals surface area contributed by atoms with Gasteiger partial charge < -0.3 is 0 Å². The van der Waals surface area contributed by atoms with E-state index in [1.165, 1.54) is 0 Å². The smallest absolute Gasteiger partial charge is 0.0166 e. The van der Waals surface area contributed by atoms with Crippen LogP contribution in [0.1, 0.15) is 12.8 Å². The zero-order chi connectivity index (χ0) is 7.07. The molecule has 0 aromatic heterocycles. The van der Waals surface area contributed by atoms with E-state index in [0.717, 1.165) is 12.8 Å². The Morgan fingerprint density at radius 3 is 1.50 bits per heavy atom. The molecule has 0 aromatic carbocycles. The van der Waals surface area contributed by atoms with Crippen molar-refractivity contribution in [3.05, 3.63) is 48.6 Å². The molecule has 0 amide bonds. The van der Waals surface area contributed by atoms with Crippen LogP contribution in [0.2, 0.25) is 0 Å². The molecule has 0 spiro atoms. The van der Waals surface area contributed by atoms with Gasteiger partial charge >= 0.3 is 0 Å². The molecule has 0 aromatic rings. The molecule has 52 valence electrons. The van der Waals surface area contributed by atoms with Gasteiger partial charge in [0, 0.05) is 0 Å². The summed E-state index contributed by atoms with van der Waals surface area (Å²) >= 11 is 0. The highest BCUT2D eigenvalue weighted by Crippen LogP contribution is 1.94. The summed E-state index contributed by atoms with van der Waals surface area (Å²) in [5, 5.41) is 0. The third-order valence-electron chi connectivity index (χ3n) is 1.32. The van der Waals surface area contributed by atoms with Crippen LogP contribution in [0, 0.1) is 0 Å². The van der Waals surface area contributed by atoms with Gasteiger partial charge in [0.2, 0.25) is 0 Å². The lowest BCUT2D eigenvalue weighted by Gasteiger charge is -1.84. The Balaban J connectivity index is 2.51. The summed E-state index contributed by atoms with van der Waals surface area (Å²) < 4.78 is 0. The van der Waals surface area contributed by atoms with Gasteiger partial charge in [0.25, 0.3) is 0 Å². The van der Waals surface area contributed by atoms with Crippen molar-refractivity contribution in [2.75, 3.05) is 0 Å². The van der Waals surface area contributed by atoms with E-state index in [1.54, 1.807) is 0 Å². The molecule has 0 atom stereocenters. The first-order chi connectivity index (χ1) is 5.00. The minimum absolute atomic E-state index is 1.05. The van der Waals surface area contributed by atoms with Gasteiger partial charge in [-0.2, -0.15) is 0 Å². The van der Waals surface area contributed by atoms with Gasteiger partial charge in [-0.1, -0.05) is 48.6 Å². The van der Waals surface area contributed by atoms with Gasteiger partial charge in [-0.3, -0.25) is 0 Å². The molecule has 0 unspecified atom stereocenters. The summed E-state index contributed by atoms with van der Waals surface area (Å²) in [5.74, 6) is 0. The Bertz CT molecular complexity index is 160. The monoisotopic (exact) mass is 132 g/mol. The van der Waals surface area contributed by atoms with Crippen LogP contribution in [0.15, 0.2) is 48.6 Å². The van der Waals surface area contributed by atoms with Crippen LogP contribution in [-0.4, -0.2) is 0 Å². The number of allylic oxidation sites excluding steroid dienone is 8. The van der Waals surface area contributed by atoms with Crippen LogP contribution in [0.4, 0.5) is 0 Å². The van der Waals surface area contributed by atoms with Crippen molar-refractivity contribution in [1.82, 2.24) is 0 Å². The third kappa shape index (κ3) is 3.08. The summed E-state index contributed by atoms with van der Waals surface area (Å²) in [6.07, 6.45) is 19.0. The molecular formula is C10H12. The Morgan fingerprint density at radius 2 is 1.00 bits per heavy atom. The van der Waals surface area contributed by atoms with Crippen LogP contribution >= 0.6 is 0 Å². The molecule has 0 fully saturated rings. The highest BCUT2D eigenvalue weighted by Gasteiger charge is 1.73. The molecule has 0 saturated carbocycles. The summed E-state index contributed by atoms with van der Waals surface area (Å²) in [6, 6.07) is 0. The first-order valence-corrected chi connectivity index (χ1v) is 3.63. The molecule has 0 radical (unpaired) electrons. The zero-order valence-electron chi connectivity index (χ0n) is 6.03. The maximum Gasteiger partial charge on any atom is -0.0166 e. The first-order valence-electron chi connectivity index (χ1n) is 3.63. The van der Waals surface area contributed by atoms with E-state index < -0.39 is 0 Å². The van der Waals surface area contributed by atoms with Crippen LogP contribution in [0.25, 0.3) is 0 Å². The number of hydrogen-bond donors (Lipinski definition) is 0. The molecule has 0 heterocycles. The lowest BCUT2D eigenvalue weighted by atomic mass is 10.2. The highest BCUT2D eigenvalue weighted by atomic mass is 13.8. The van der Waals surface area contributed by atoms with Crippen LogP contribution < -0.4 is 0 Å². The largest absolute Gasteiger partial charge is 0.0844 e. The molecule has 1 aliphatic rings. The average molecular weight is 132 g/mol. The highest BCUT2D eigenvalue weighted by molar-refractivity contribution is 5.14. The summed E-state index contributed by atoms with van der Waals surface area (Å²) in [6.45, 7) is 0. The minimum Gasteiger partial charge on any atom is -0.0844 e. The lowest BCUT2D eigenvalue weighted by Crippen LogP contribution is -1.62.